The van der Waals surface area contributed by atoms with Gasteiger partial charge in [-0.3, -0.25) is 0 Å². The Morgan fingerprint density at radius 3 is 2.67 bits per heavy atom. The van der Waals surface area contributed by atoms with E-state index < -0.39 is 0 Å². The van der Waals surface area contributed by atoms with E-state index in [1.54, 1.807) is 6.07 Å². The van der Waals surface area contributed by atoms with E-state index in [1.165, 1.54) is 61.9 Å². The van der Waals surface area contributed by atoms with Crippen LogP contribution in [0.4, 0.5) is 10.1 Å². The van der Waals surface area contributed by atoms with Gasteiger partial charge in [0.2, 0.25) is 0 Å². The summed E-state index contributed by atoms with van der Waals surface area (Å²) in [4.78, 5) is 3.84. The molecule has 2 aromatic rings. The number of nitrogens with zero attached hydrogens (tertiary/aromatic N) is 3. The molecule has 5 heteroatoms. The maximum Gasteiger partial charge on any atom is 0.150 e. The third-order valence-corrected chi connectivity index (χ3v) is 4.18. The molecule has 0 atom stereocenters. The summed E-state index contributed by atoms with van der Waals surface area (Å²) >= 11 is 0. The lowest BCUT2D eigenvalue weighted by Crippen LogP contribution is -2.14. The molecule has 112 valence electrons. The van der Waals surface area contributed by atoms with Crippen LogP contribution in [-0.2, 0) is 0 Å². The molecule has 0 radical (unpaired) electrons. The van der Waals surface area contributed by atoms with E-state index >= 15 is 0 Å². The minimum absolute atomic E-state index is 0.286. The third kappa shape index (κ3) is 3.60. The van der Waals surface area contributed by atoms with Gasteiger partial charge in [0, 0.05) is 12.2 Å². The summed E-state index contributed by atoms with van der Waals surface area (Å²) < 4.78 is 15.6. The average molecular weight is 288 g/mol. The number of hydrogen-bond donors (Lipinski definition) is 1. The molecule has 1 aromatic carbocycles. The maximum absolute atomic E-state index is 14.1. The zero-order valence-electron chi connectivity index (χ0n) is 12.1. The summed E-state index contributed by atoms with van der Waals surface area (Å²) in [5.41, 5.74) is 1.26. The van der Waals surface area contributed by atoms with Gasteiger partial charge < -0.3 is 5.32 Å². The third-order valence-electron chi connectivity index (χ3n) is 4.18. The summed E-state index contributed by atoms with van der Waals surface area (Å²) in [5.74, 6) is 0.428. The summed E-state index contributed by atoms with van der Waals surface area (Å²) in [5, 5.41) is 7.32. The fourth-order valence-corrected chi connectivity index (χ4v) is 2.97. The predicted octanol–water partition coefficient (Wildman–Crippen LogP) is 3.79. The van der Waals surface area contributed by atoms with Crippen LogP contribution >= 0.6 is 0 Å². The minimum atomic E-state index is -0.286. The molecule has 1 saturated carbocycles. The van der Waals surface area contributed by atoms with Crippen molar-refractivity contribution < 1.29 is 4.39 Å². The Morgan fingerprint density at radius 1 is 1.19 bits per heavy atom. The molecule has 1 heterocycles. The van der Waals surface area contributed by atoms with E-state index in [-0.39, 0.29) is 5.82 Å². The standard InChI is InChI=1S/C16H21FN4/c17-15-9-14(7-8-16(15)21-12-18-11-20-21)19-10-13-5-3-1-2-4-6-13/h7-9,11-13,19H,1-6,10H2. The number of benzene rings is 1. The van der Waals surface area contributed by atoms with Gasteiger partial charge in [-0.05, 0) is 37.0 Å². The average Bonchev–Trinajstić information content (AvgIpc) is 2.89. The van der Waals surface area contributed by atoms with Gasteiger partial charge in [0.15, 0.2) is 5.82 Å². The fourth-order valence-electron chi connectivity index (χ4n) is 2.97. The number of aromatic nitrogens is 3. The second-order valence-corrected chi connectivity index (χ2v) is 5.74. The first kappa shape index (κ1) is 14.0. The SMILES string of the molecule is Fc1cc(NCC2CCCCCC2)ccc1-n1cncn1. The van der Waals surface area contributed by atoms with Gasteiger partial charge in [0.1, 0.15) is 18.3 Å². The molecule has 3 rings (SSSR count). The van der Waals surface area contributed by atoms with Crippen LogP contribution < -0.4 is 5.32 Å². The van der Waals surface area contributed by atoms with Gasteiger partial charge in [-0.25, -0.2) is 14.1 Å². The molecule has 0 saturated heterocycles. The van der Waals surface area contributed by atoms with Crippen LogP contribution in [0, 0.1) is 11.7 Å². The molecule has 1 N–H and O–H groups in total. The highest BCUT2D eigenvalue weighted by atomic mass is 19.1. The van der Waals surface area contributed by atoms with E-state index in [0.717, 1.165) is 12.2 Å². The molecule has 0 unspecified atom stereocenters. The molecule has 0 aliphatic heterocycles. The highest BCUT2D eigenvalue weighted by molar-refractivity contribution is 5.49. The van der Waals surface area contributed by atoms with Crippen molar-refractivity contribution in [1.29, 1.82) is 0 Å². The van der Waals surface area contributed by atoms with Crippen molar-refractivity contribution in [2.45, 2.75) is 38.5 Å². The van der Waals surface area contributed by atoms with Gasteiger partial charge in [0.05, 0.1) is 0 Å². The normalized spacial score (nSPS) is 16.6. The van der Waals surface area contributed by atoms with E-state index in [4.69, 9.17) is 0 Å². The second-order valence-electron chi connectivity index (χ2n) is 5.74. The molecule has 21 heavy (non-hydrogen) atoms. The van der Waals surface area contributed by atoms with Crippen molar-refractivity contribution in [3.8, 4) is 5.69 Å². The van der Waals surface area contributed by atoms with Crippen LogP contribution in [0.2, 0.25) is 0 Å². The zero-order valence-corrected chi connectivity index (χ0v) is 12.1. The Hall–Kier alpha value is -1.91. The highest BCUT2D eigenvalue weighted by Gasteiger charge is 2.12. The Labute approximate surface area is 124 Å². The van der Waals surface area contributed by atoms with Gasteiger partial charge >= 0.3 is 0 Å². The van der Waals surface area contributed by atoms with Crippen molar-refractivity contribution in [2.24, 2.45) is 5.92 Å². The molecule has 1 aromatic heterocycles. The lowest BCUT2D eigenvalue weighted by atomic mass is 10.0. The van der Waals surface area contributed by atoms with Gasteiger partial charge in [0.25, 0.3) is 0 Å². The molecular formula is C16H21FN4. The minimum Gasteiger partial charge on any atom is -0.385 e. The lowest BCUT2D eigenvalue weighted by molar-refractivity contribution is 0.483. The molecular weight excluding hydrogens is 267 g/mol. The van der Waals surface area contributed by atoms with Gasteiger partial charge in [-0.15, -0.1) is 0 Å². The quantitative estimate of drug-likeness (QED) is 0.870. The summed E-state index contributed by atoms with van der Waals surface area (Å²) in [6.07, 6.45) is 10.8. The first-order valence-corrected chi connectivity index (χ1v) is 7.71. The maximum atomic E-state index is 14.1. The topological polar surface area (TPSA) is 42.7 Å². The molecule has 0 bridgehead atoms. The Morgan fingerprint density at radius 2 is 2.00 bits per heavy atom. The van der Waals surface area contributed by atoms with Crippen molar-refractivity contribution in [3.05, 3.63) is 36.7 Å². The monoisotopic (exact) mass is 288 g/mol. The Balaban J connectivity index is 1.62. The molecule has 1 fully saturated rings. The van der Waals surface area contributed by atoms with E-state index in [0.29, 0.717) is 11.6 Å². The van der Waals surface area contributed by atoms with E-state index in [9.17, 15) is 4.39 Å². The van der Waals surface area contributed by atoms with Crippen LogP contribution in [-0.4, -0.2) is 21.3 Å². The Kier molecular flexibility index (Phi) is 4.48. The van der Waals surface area contributed by atoms with E-state index in [1.807, 2.05) is 6.07 Å². The second kappa shape index (κ2) is 6.70. The number of hydrogen-bond acceptors (Lipinski definition) is 3. The van der Waals surface area contributed by atoms with Crippen molar-refractivity contribution >= 4 is 5.69 Å². The highest BCUT2D eigenvalue weighted by Crippen LogP contribution is 2.24. The van der Waals surface area contributed by atoms with Gasteiger partial charge in [-0.1, -0.05) is 25.7 Å². The van der Waals surface area contributed by atoms with Crippen LogP contribution in [0.5, 0.6) is 0 Å². The van der Waals surface area contributed by atoms with Crippen LogP contribution in [0.15, 0.2) is 30.9 Å². The number of rotatable bonds is 4. The smallest absolute Gasteiger partial charge is 0.150 e. The molecule has 1 aliphatic carbocycles. The van der Waals surface area contributed by atoms with Crippen molar-refractivity contribution in [2.75, 3.05) is 11.9 Å². The summed E-state index contributed by atoms with van der Waals surface area (Å²) in [6, 6.07) is 5.17. The molecule has 1 aliphatic rings. The molecule has 4 nitrogen and oxygen atoms in total. The van der Waals surface area contributed by atoms with Gasteiger partial charge in [-0.2, -0.15) is 5.10 Å². The van der Waals surface area contributed by atoms with Crippen LogP contribution in [0.1, 0.15) is 38.5 Å². The molecule has 0 spiro atoms. The van der Waals surface area contributed by atoms with E-state index in [2.05, 4.69) is 15.4 Å². The zero-order chi connectivity index (χ0) is 14.5. The first-order valence-electron chi connectivity index (χ1n) is 7.71. The number of nitrogens with one attached hydrogen (secondary N) is 1. The largest absolute Gasteiger partial charge is 0.385 e. The fraction of sp³-hybridized carbons (Fsp3) is 0.500. The number of anilines is 1. The molecule has 0 amide bonds. The predicted molar refractivity (Wildman–Crippen MR) is 81.0 cm³/mol. The number of halogens is 1. The first-order chi connectivity index (χ1) is 10.3. The summed E-state index contributed by atoms with van der Waals surface area (Å²) in [7, 11) is 0. The van der Waals surface area contributed by atoms with Crippen molar-refractivity contribution in [3.63, 3.8) is 0 Å². The summed E-state index contributed by atoms with van der Waals surface area (Å²) in [6.45, 7) is 0.933. The van der Waals surface area contributed by atoms with Crippen LogP contribution in [0.25, 0.3) is 5.69 Å². The lowest BCUT2D eigenvalue weighted by Gasteiger charge is -2.16. The van der Waals surface area contributed by atoms with Crippen molar-refractivity contribution in [1.82, 2.24) is 14.8 Å². The Bertz CT molecular complexity index is 560. The van der Waals surface area contributed by atoms with Crippen LogP contribution in [0.3, 0.4) is 0 Å².